The Labute approximate surface area is 80.1 Å². The van der Waals surface area contributed by atoms with Crippen molar-refractivity contribution in [2.24, 2.45) is 10.9 Å². The molecule has 0 aliphatic carbocycles. The highest BCUT2D eigenvalue weighted by Gasteiger charge is 2.02. The molecule has 1 rings (SSSR count). The van der Waals surface area contributed by atoms with Crippen molar-refractivity contribution in [3.8, 4) is 0 Å². The summed E-state index contributed by atoms with van der Waals surface area (Å²) in [4.78, 5) is 7.86. The fraction of sp³-hybridized carbons (Fsp3) is 0.286. The fourth-order valence-electron chi connectivity index (χ4n) is 0.758. The summed E-state index contributed by atoms with van der Waals surface area (Å²) < 4.78 is 0. The zero-order valence-corrected chi connectivity index (χ0v) is 7.95. The second-order valence-electron chi connectivity index (χ2n) is 2.16. The molecule has 0 aliphatic heterocycles. The van der Waals surface area contributed by atoms with Crippen LogP contribution in [0.4, 0.5) is 0 Å². The maximum Gasteiger partial charge on any atom is 0.188 e. The summed E-state index contributed by atoms with van der Waals surface area (Å²) in [6, 6.07) is 1.68. The van der Waals surface area contributed by atoms with E-state index in [2.05, 4.69) is 15.1 Å². The number of hydrogen-bond acceptors (Lipinski definition) is 5. The summed E-state index contributed by atoms with van der Waals surface area (Å²) in [5, 5.41) is 12.1. The van der Waals surface area contributed by atoms with Crippen molar-refractivity contribution >= 4 is 17.6 Å². The highest BCUT2D eigenvalue weighted by Crippen LogP contribution is 2.13. The first-order valence-electron chi connectivity index (χ1n) is 3.70. The lowest BCUT2D eigenvalue weighted by molar-refractivity contribution is 0.318. The van der Waals surface area contributed by atoms with Crippen LogP contribution in [0.15, 0.2) is 22.6 Å². The van der Waals surface area contributed by atoms with E-state index in [1.807, 2.05) is 6.92 Å². The molecule has 0 saturated heterocycles. The van der Waals surface area contributed by atoms with Gasteiger partial charge in [0.25, 0.3) is 0 Å². The Morgan fingerprint density at radius 3 is 3.08 bits per heavy atom. The van der Waals surface area contributed by atoms with Crippen molar-refractivity contribution in [1.29, 1.82) is 0 Å². The molecule has 6 heteroatoms. The van der Waals surface area contributed by atoms with Gasteiger partial charge in [0, 0.05) is 6.07 Å². The normalized spacial score (nSPS) is 11.6. The summed E-state index contributed by atoms with van der Waals surface area (Å²) >= 11 is 1.57. The Morgan fingerprint density at radius 2 is 2.46 bits per heavy atom. The van der Waals surface area contributed by atoms with E-state index in [1.54, 1.807) is 17.8 Å². The van der Waals surface area contributed by atoms with Crippen LogP contribution in [0.1, 0.15) is 12.6 Å². The Balaban J connectivity index is 2.91. The molecule has 3 N–H and O–H groups in total. The van der Waals surface area contributed by atoms with E-state index in [1.165, 1.54) is 6.33 Å². The summed E-state index contributed by atoms with van der Waals surface area (Å²) in [7, 11) is 0. The number of hydrogen-bond donors (Lipinski definition) is 2. The molecule has 1 heterocycles. The third kappa shape index (κ3) is 2.59. The number of thioether (sulfide) groups is 1. The Bertz CT molecular complexity index is 315. The van der Waals surface area contributed by atoms with Crippen LogP contribution in [0.5, 0.6) is 0 Å². The van der Waals surface area contributed by atoms with Gasteiger partial charge >= 0.3 is 0 Å². The quantitative estimate of drug-likeness (QED) is 0.186. The minimum absolute atomic E-state index is 0.000327. The van der Waals surface area contributed by atoms with Crippen LogP contribution in [0, 0.1) is 0 Å². The molecule has 0 amide bonds. The first-order valence-corrected chi connectivity index (χ1v) is 4.69. The number of oxime groups is 1. The fourth-order valence-corrected chi connectivity index (χ4v) is 1.37. The van der Waals surface area contributed by atoms with Crippen molar-refractivity contribution in [2.45, 2.75) is 11.9 Å². The van der Waals surface area contributed by atoms with E-state index in [0.717, 1.165) is 10.8 Å². The van der Waals surface area contributed by atoms with Crippen LogP contribution in [-0.4, -0.2) is 26.8 Å². The first-order chi connectivity index (χ1) is 6.27. The Kier molecular flexibility index (Phi) is 3.51. The van der Waals surface area contributed by atoms with Gasteiger partial charge in [-0.3, -0.25) is 0 Å². The molecule has 0 atom stereocenters. The lowest BCUT2D eigenvalue weighted by Gasteiger charge is -1.99. The Hall–Kier alpha value is -1.30. The number of rotatable bonds is 3. The minimum Gasteiger partial charge on any atom is -0.409 e. The highest BCUT2D eigenvalue weighted by atomic mass is 32.2. The highest BCUT2D eigenvalue weighted by molar-refractivity contribution is 7.99. The van der Waals surface area contributed by atoms with Gasteiger partial charge in [-0.1, -0.05) is 12.1 Å². The first kappa shape index (κ1) is 9.79. The number of amidine groups is 1. The third-order valence-electron chi connectivity index (χ3n) is 1.30. The minimum atomic E-state index is 0.000327. The average molecular weight is 198 g/mol. The third-order valence-corrected chi connectivity index (χ3v) is 2.11. The molecule has 0 fully saturated rings. The van der Waals surface area contributed by atoms with Gasteiger partial charge in [0.2, 0.25) is 0 Å². The van der Waals surface area contributed by atoms with Gasteiger partial charge in [-0.2, -0.15) is 0 Å². The summed E-state index contributed by atoms with van der Waals surface area (Å²) in [5.74, 6) is 0.924. The van der Waals surface area contributed by atoms with E-state index in [0.29, 0.717) is 5.69 Å². The lowest BCUT2D eigenvalue weighted by Crippen LogP contribution is -2.15. The van der Waals surface area contributed by atoms with E-state index in [9.17, 15) is 0 Å². The van der Waals surface area contributed by atoms with E-state index >= 15 is 0 Å². The smallest absolute Gasteiger partial charge is 0.188 e. The van der Waals surface area contributed by atoms with Gasteiger partial charge in [-0.15, -0.1) is 11.8 Å². The SMILES string of the molecule is CCSc1cc(/C(N)=N/O)ncn1. The molecule has 0 saturated carbocycles. The summed E-state index contributed by atoms with van der Waals surface area (Å²) in [6.07, 6.45) is 1.39. The monoisotopic (exact) mass is 198 g/mol. The largest absolute Gasteiger partial charge is 0.409 e. The van der Waals surface area contributed by atoms with Crippen LogP contribution in [-0.2, 0) is 0 Å². The van der Waals surface area contributed by atoms with Crippen LogP contribution in [0.25, 0.3) is 0 Å². The van der Waals surface area contributed by atoms with Gasteiger partial charge in [0.1, 0.15) is 17.0 Å². The molecule has 70 valence electrons. The molecule has 0 radical (unpaired) electrons. The van der Waals surface area contributed by atoms with E-state index in [-0.39, 0.29) is 5.84 Å². The van der Waals surface area contributed by atoms with Crippen LogP contribution >= 0.6 is 11.8 Å². The van der Waals surface area contributed by atoms with Crippen molar-refractivity contribution in [3.05, 3.63) is 18.1 Å². The number of nitrogens with zero attached hydrogens (tertiary/aromatic N) is 3. The topological polar surface area (TPSA) is 84.4 Å². The maximum absolute atomic E-state index is 8.40. The molecule has 0 aliphatic rings. The predicted molar refractivity (Wildman–Crippen MR) is 50.9 cm³/mol. The maximum atomic E-state index is 8.40. The van der Waals surface area contributed by atoms with E-state index in [4.69, 9.17) is 10.9 Å². The summed E-state index contributed by atoms with van der Waals surface area (Å²) in [6.45, 7) is 2.02. The molecule has 0 spiro atoms. The van der Waals surface area contributed by atoms with Crippen LogP contribution in [0.2, 0.25) is 0 Å². The second kappa shape index (κ2) is 4.66. The Morgan fingerprint density at radius 1 is 1.69 bits per heavy atom. The molecular weight excluding hydrogens is 188 g/mol. The van der Waals surface area contributed by atoms with E-state index < -0.39 is 0 Å². The standard InChI is InChI=1S/C7H10N4OS/c1-2-13-6-3-5(7(8)11-12)9-4-10-6/h3-4,12H,2H2,1H3,(H2,8,11). The molecular formula is C7H10N4OS. The average Bonchev–Trinajstić information content (AvgIpc) is 2.18. The van der Waals surface area contributed by atoms with Gasteiger partial charge in [-0.05, 0) is 5.75 Å². The second-order valence-corrected chi connectivity index (χ2v) is 3.44. The molecule has 1 aromatic heterocycles. The van der Waals surface area contributed by atoms with Gasteiger partial charge in [0.15, 0.2) is 5.84 Å². The summed E-state index contributed by atoms with van der Waals surface area (Å²) in [5.41, 5.74) is 5.80. The predicted octanol–water partition coefficient (Wildman–Crippen LogP) is 0.683. The molecule has 1 aromatic rings. The molecule has 13 heavy (non-hydrogen) atoms. The molecule has 5 nitrogen and oxygen atoms in total. The van der Waals surface area contributed by atoms with Crippen LogP contribution in [0.3, 0.4) is 0 Å². The number of nitrogens with two attached hydrogens (primary N) is 1. The van der Waals surface area contributed by atoms with Gasteiger partial charge in [0.05, 0.1) is 0 Å². The van der Waals surface area contributed by atoms with Crippen molar-refractivity contribution in [3.63, 3.8) is 0 Å². The number of aromatic nitrogens is 2. The lowest BCUT2D eigenvalue weighted by atomic mass is 10.4. The zero-order chi connectivity index (χ0) is 9.68. The van der Waals surface area contributed by atoms with Gasteiger partial charge < -0.3 is 10.9 Å². The van der Waals surface area contributed by atoms with Crippen molar-refractivity contribution in [2.75, 3.05) is 5.75 Å². The molecule has 0 aromatic carbocycles. The molecule has 0 bridgehead atoms. The zero-order valence-electron chi connectivity index (χ0n) is 7.14. The van der Waals surface area contributed by atoms with Crippen molar-refractivity contribution in [1.82, 2.24) is 9.97 Å². The molecule has 0 unspecified atom stereocenters. The van der Waals surface area contributed by atoms with Crippen molar-refractivity contribution < 1.29 is 5.21 Å². The van der Waals surface area contributed by atoms with Crippen LogP contribution < -0.4 is 5.73 Å². The van der Waals surface area contributed by atoms with Gasteiger partial charge in [-0.25, -0.2) is 9.97 Å².